The normalized spacial score (nSPS) is 20.1. The molecule has 2 aromatic carbocycles. The minimum absolute atomic E-state index is 0.0153. The maximum atomic E-state index is 13.5. The second-order valence-electron chi connectivity index (χ2n) is 8.89. The van der Waals surface area contributed by atoms with Gasteiger partial charge >= 0.3 is 0 Å². The molecule has 2 atom stereocenters. The summed E-state index contributed by atoms with van der Waals surface area (Å²) in [6.45, 7) is 3.92. The zero-order chi connectivity index (χ0) is 24.4. The van der Waals surface area contributed by atoms with Crippen molar-refractivity contribution in [3.8, 4) is 23.0 Å². The quantitative estimate of drug-likeness (QED) is 0.648. The summed E-state index contributed by atoms with van der Waals surface area (Å²) in [5.74, 6) is 1.77. The molecule has 0 aromatic heterocycles. The molecule has 0 unspecified atom stereocenters. The Hall–Kier alpha value is -3.48. The number of amides is 1. The number of hydrogen-bond donors (Lipinski definition) is 1. The van der Waals surface area contributed by atoms with Gasteiger partial charge in [0, 0.05) is 35.6 Å². The number of para-hydroxylation sites is 1. The standard InChI is InChI=1S/C27H31NO6/c1-15(2)34-22-9-7-6-8-18(22)19-14-25(30)28-20-10-16(11-21(29)26(19)20)17-12-23(31-3)27(33-5)24(13-17)32-4/h6-9,12-13,15-16,19H,10-11,14H2,1-5H3,(H,28,30)/t16-,19+/m1/s1. The highest BCUT2D eigenvalue weighted by Gasteiger charge is 2.39. The van der Waals surface area contributed by atoms with Crippen LogP contribution in [0, 0.1) is 0 Å². The molecule has 7 heteroatoms. The molecule has 2 aliphatic rings. The number of benzene rings is 2. The maximum Gasteiger partial charge on any atom is 0.225 e. The summed E-state index contributed by atoms with van der Waals surface area (Å²) in [5.41, 5.74) is 3.14. The average Bonchev–Trinajstić information content (AvgIpc) is 2.82. The number of methoxy groups -OCH3 is 3. The molecule has 1 heterocycles. The Kier molecular flexibility index (Phi) is 6.82. The zero-order valence-corrected chi connectivity index (χ0v) is 20.3. The predicted molar refractivity (Wildman–Crippen MR) is 128 cm³/mol. The summed E-state index contributed by atoms with van der Waals surface area (Å²) in [5, 5.41) is 2.98. The summed E-state index contributed by atoms with van der Waals surface area (Å²) in [4.78, 5) is 26.2. The number of ketones is 1. The molecule has 0 saturated carbocycles. The van der Waals surface area contributed by atoms with E-state index in [4.69, 9.17) is 18.9 Å². The lowest BCUT2D eigenvalue weighted by Crippen LogP contribution is -2.38. The van der Waals surface area contributed by atoms with Crippen molar-refractivity contribution in [2.75, 3.05) is 21.3 Å². The zero-order valence-electron chi connectivity index (χ0n) is 20.3. The van der Waals surface area contributed by atoms with Gasteiger partial charge in [-0.3, -0.25) is 9.59 Å². The van der Waals surface area contributed by atoms with Crippen LogP contribution >= 0.6 is 0 Å². The first kappa shape index (κ1) is 23.7. The van der Waals surface area contributed by atoms with E-state index in [1.807, 2.05) is 50.2 Å². The van der Waals surface area contributed by atoms with E-state index in [0.29, 0.717) is 47.1 Å². The number of carbonyl (C=O) groups excluding carboxylic acids is 2. The van der Waals surface area contributed by atoms with E-state index in [2.05, 4.69) is 5.32 Å². The molecule has 0 spiro atoms. The van der Waals surface area contributed by atoms with E-state index in [-0.39, 0.29) is 36.1 Å². The molecule has 2 aromatic rings. The molecular weight excluding hydrogens is 434 g/mol. The van der Waals surface area contributed by atoms with Gasteiger partial charge in [-0.1, -0.05) is 18.2 Å². The first-order valence-corrected chi connectivity index (χ1v) is 11.5. The number of nitrogens with one attached hydrogen (secondary N) is 1. The van der Waals surface area contributed by atoms with Gasteiger partial charge in [0.15, 0.2) is 17.3 Å². The number of ether oxygens (including phenoxy) is 4. The molecule has 0 bridgehead atoms. The van der Waals surface area contributed by atoms with E-state index >= 15 is 0 Å². The van der Waals surface area contributed by atoms with Crippen LogP contribution in [0.2, 0.25) is 0 Å². The Morgan fingerprint density at radius 2 is 1.56 bits per heavy atom. The van der Waals surface area contributed by atoms with Crippen molar-refractivity contribution in [2.45, 2.75) is 51.0 Å². The lowest BCUT2D eigenvalue weighted by atomic mass is 9.73. The second-order valence-corrected chi connectivity index (χ2v) is 8.89. The highest BCUT2D eigenvalue weighted by atomic mass is 16.5. The van der Waals surface area contributed by atoms with Crippen LogP contribution in [-0.4, -0.2) is 39.1 Å². The third-order valence-corrected chi connectivity index (χ3v) is 6.35. The Morgan fingerprint density at radius 3 is 2.18 bits per heavy atom. The summed E-state index contributed by atoms with van der Waals surface area (Å²) in [7, 11) is 4.69. The molecule has 0 fully saturated rings. The third kappa shape index (κ3) is 4.47. The minimum atomic E-state index is -0.327. The van der Waals surface area contributed by atoms with E-state index in [9.17, 15) is 9.59 Å². The van der Waals surface area contributed by atoms with Crippen molar-refractivity contribution in [1.29, 1.82) is 0 Å². The minimum Gasteiger partial charge on any atom is -0.493 e. The molecule has 7 nitrogen and oxygen atoms in total. The lowest BCUT2D eigenvalue weighted by Gasteiger charge is -2.35. The van der Waals surface area contributed by atoms with Crippen LogP contribution in [0.15, 0.2) is 47.7 Å². The molecule has 34 heavy (non-hydrogen) atoms. The number of carbonyl (C=O) groups is 2. The predicted octanol–water partition coefficient (Wildman–Crippen LogP) is 4.50. The molecule has 0 saturated heterocycles. The molecule has 1 aliphatic heterocycles. The summed E-state index contributed by atoms with van der Waals surface area (Å²) < 4.78 is 22.4. The number of rotatable bonds is 7. The Bertz CT molecular complexity index is 1110. The van der Waals surface area contributed by atoms with Gasteiger partial charge in [-0.15, -0.1) is 0 Å². The molecule has 1 aliphatic carbocycles. The van der Waals surface area contributed by atoms with Gasteiger partial charge < -0.3 is 24.3 Å². The van der Waals surface area contributed by atoms with E-state index < -0.39 is 0 Å². The topological polar surface area (TPSA) is 83.1 Å². The van der Waals surface area contributed by atoms with Gasteiger partial charge in [0.1, 0.15) is 5.75 Å². The highest BCUT2D eigenvalue weighted by Crippen LogP contribution is 2.47. The van der Waals surface area contributed by atoms with Gasteiger partial charge in [-0.05, 0) is 49.9 Å². The Morgan fingerprint density at radius 1 is 0.882 bits per heavy atom. The van der Waals surface area contributed by atoms with E-state index in [0.717, 1.165) is 11.1 Å². The molecule has 180 valence electrons. The van der Waals surface area contributed by atoms with Gasteiger partial charge in [-0.25, -0.2) is 0 Å². The summed E-state index contributed by atoms with van der Waals surface area (Å²) in [6, 6.07) is 11.4. The third-order valence-electron chi connectivity index (χ3n) is 6.35. The van der Waals surface area contributed by atoms with Crippen molar-refractivity contribution >= 4 is 11.7 Å². The van der Waals surface area contributed by atoms with Gasteiger partial charge in [-0.2, -0.15) is 0 Å². The highest BCUT2D eigenvalue weighted by molar-refractivity contribution is 6.02. The maximum absolute atomic E-state index is 13.5. The molecule has 1 amide bonds. The lowest BCUT2D eigenvalue weighted by molar-refractivity contribution is -0.122. The Labute approximate surface area is 200 Å². The summed E-state index contributed by atoms with van der Waals surface area (Å²) in [6.07, 6.45) is 1.07. The smallest absolute Gasteiger partial charge is 0.225 e. The fourth-order valence-electron chi connectivity index (χ4n) is 4.93. The van der Waals surface area contributed by atoms with E-state index in [1.165, 1.54) is 0 Å². The van der Waals surface area contributed by atoms with Crippen LogP contribution in [0.1, 0.15) is 56.1 Å². The summed E-state index contributed by atoms with van der Waals surface area (Å²) >= 11 is 0. The van der Waals surface area contributed by atoms with Crippen molar-refractivity contribution in [3.63, 3.8) is 0 Å². The van der Waals surface area contributed by atoms with Crippen molar-refractivity contribution < 1.29 is 28.5 Å². The number of allylic oxidation sites excluding steroid dienone is 2. The fourth-order valence-corrected chi connectivity index (χ4v) is 4.93. The van der Waals surface area contributed by atoms with Crippen LogP contribution in [0.3, 0.4) is 0 Å². The fraction of sp³-hybridized carbons (Fsp3) is 0.407. The second kappa shape index (κ2) is 9.79. The number of Topliss-reactive ketones (excluding diaryl/α,β-unsaturated/α-hetero) is 1. The van der Waals surface area contributed by atoms with Crippen molar-refractivity contribution in [3.05, 3.63) is 58.8 Å². The van der Waals surface area contributed by atoms with Crippen LogP contribution in [0.4, 0.5) is 0 Å². The largest absolute Gasteiger partial charge is 0.493 e. The van der Waals surface area contributed by atoms with Crippen molar-refractivity contribution in [1.82, 2.24) is 5.32 Å². The van der Waals surface area contributed by atoms with Crippen LogP contribution < -0.4 is 24.3 Å². The van der Waals surface area contributed by atoms with Gasteiger partial charge in [0.2, 0.25) is 11.7 Å². The average molecular weight is 466 g/mol. The van der Waals surface area contributed by atoms with Gasteiger partial charge in [0.25, 0.3) is 0 Å². The molecule has 4 rings (SSSR count). The van der Waals surface area contributed by atoms with Crippen molar-refractivity contribution in [2.24, 2.45) is 0 Å². The molecule has 0 radical (unpaired) electrons. The van der Waals surface area contributed by atoms with Crippen LogP contribution in [-0.2, 0) is 9.59 Å². The molecule has 1 N–H and O–H groups in total. The molecular formula is C27H31NO6. The number of hydrogen-bond acceptors (Lipinski definition) is 6. The van der Waals surface area contributed by atoms with Crippen LogP contribution in [0.25, 0.3) is 0 Å². The Balaban J connectivity index is 1.73. The SMILES string of the molecule is COc1cc([C@H]2CC(=O)C3=C(C2)NC(=O)C[C@H]3c2ccccc2OC(C)C)cc(OC)c1OC. The van der Waals surface area contributed by atoms with E-state index in [1.54, 1.807) is 21.3 Å². The van der Waals surface area contributed by atoms with Gasteiger partial charge in [0.05, 0.1) is 27.4 Å². The first-order chi connectivity index (χ1) is 16.4. The first-order valence-electron chi connectivity index (χ1n) is 11.5. The monoisotopic (exact) mass is 465 g/mol. The van der Waals surface area contributed by atoms with Crippen LogP contribution in [0.5, 0.6) is 23.0 Å².